The highest BCUT2D eigenvalue weighted by atomic mass is 16.2. The minimum atomic E-state index is 0.292. The Hall–Kier alpha value is -0.530. The lowest BCUT2D eigenvalue weighted by atomic mass is 10.4. The van der Waals surface area contributed by atoms with Crippen LogP contribution in [0.2, 0.25) is 0 Å². The number of amides is 1. The minimum absolute atomic E-state index is 0.292. The lowest BCUT2D eigenvalue weighted by molar-refractivity contribution is -0.126. The van der Waals surface area contributed by atoms with Crippen LogP contribution in [0.1, 0.15) is 19.8 Å². The van der Waals surface area contributed by atoms with Crippen molar-refractivity contribution in [3.8, 4) is 0 Å². The van der Waals surface area contributed by atoms with Gasteiger partial charge in [-0.2, -0.15) is 0 Å². The third kappa shape index (κ3) is 2.49. The fourth-order valence-electron chi connectivity index (χ4n) is 0.783. The van der Waals surface area contributed by atoms with E-state index in [1.165, 1.54) is 0 Å². The molecule has 0 spiro atoms. The molecule has 1 saturated heterocycles. The first-order valence-corrected chi connectivity index (χ1v) is 3.25. The second-order valence-corrected chi connectivity index (χ2v) is 1.92. The Kier molecular flexibility index (Phi) is 4.10. The van der Waals surface area contributed by atoms with Crippen LogP contribution >= 0.6 is 0 Å². The van der Waals surface area contributed by atoms with Crippen molar-refractivity contribution in [3.63, 3.8) is 0 Å². The lowest BCUT2D eigenvalue weighted by Gasteiger charge is -2.03. The summed E-state index contributed by atoms with van der Waals surface area (Å²) in [5, 5.41) is 0. The van der Waals surface area contributed by atoms with Gasteiger partial charge in [0.05, 0.1) is 0 Å². The van der Waals surface area contributed by atoms with Crippen LogP contribution in [0.3, 0.4) is 0 Å². The van der Waals surface area contributed by atoms with Crippen molar-refractivity contribution in [1.82, 2.24) is 4.90 Å². The molecular weight excluding hydrogens is 114 g/mol. The molecule has 0 N–H and O–H groups in total. The Balaban J connectivity index is 0.000000291. The summed E-state index contributed by atoms with van der Waals surface area (Å²) in [5.74, 6) is 0.292. The number of carbonyl (C=O) groups is 1. The van der Waals surface area contributed by atoms with Gasteiger partial charge in [-0.25, -0.2) is 0 Å². The molecule has 1 rings (SSSR count). The Morgan fingerprint density at radius 2 is 2.11 bits per heavy atom. The summed E-state index contributed by atoms with van der Waals surface area (Å²) in [6.07, 6.45) is 1.81. The normalized spacial score (nSPS) is 17.2. The molecule has 2 heteroatoms. The van der Waals surface area contributed by atoms with Gasteiger partial charge in [0.1, 0.15) is 0 Å². The predicted molar refractivity (Wildman–Crippen MR) is 37.9 cm³/mol. The summed E-state index contributed by atoms with van der Waals surface area (Å²) in [5.41, 5.74) is 0. The number of carbonyl (C=O) groups excluding carboxylic acids is 1. The molecule has 0 atom stereocenters. The van der Waals surface area contributed by atoms with Gasteiger partial charge in [-0.05, 0) is 6.42 Å². The Labute approximate surface area is 56.9 Å². The fourth-order valence-corrected chi connectivity index (χ4v) is 0.783. The van der Waals surface area contributed by atoms with Gasteiger partial charge in [-0.3, -0.25) is 4.79 Å². The van der Waals surface area contributed by atoms with E-state index in [2.05, 4.69) is 6.92 Å². The van der Waals surface area contributed by atoms with Crippen molar-refractivity contribution in [2.45, 2.75) is 19.8 Å². The van der Waals surface area contributed by atoms with Crippen molar-refractivity contribution in [3.05, 3.63) is 6.92 Å². The molecule has 0 aromatic rings. The zero-order valence-electron chi connectivity index (χ0n) is 6.18. The van der Waals surface area contributed by atoms with Crippen LogP contribution in [0.25, 0.3) is 0 Å². The van der Waals surface area contributed by atoms with E-state index in [0.29, 0.717) is 5.91 Å². The van der Waals surface area contributed by atoms with Crippen LogP contribution in [0.4, 0.5) is 0 Å². The van der Waals surface area contributed by atoms with Gasteiger partial charge in [-0.15, -0.1) is 0 Å². The highest BCUT2D eigenvalue weighted by Gasteiger charge is 2.14. The third-order valence-corrected chi connectivity index (χ3v) is 1.31. The molecule has 2 nitrogen and oxygen atoms in total. The highest BCUT2D eigenvalue weighted by Crippen LogP contribution is 2.04. The van der Waals surface area contributed by atoms with E-state index in [1.54, 1.807) is 11.8 Å². The summed E-state index contributed by atoms with van der Waals surface area (Å²) >= 11 is 0. The molecule has 1 aliphatic rings. The standard InChI is InChI=1S/C5H9NO.C2H5/c1-6-4-2-3-5(6)7;1-2/h2-4H2,1H3;1H2,2H3. The number of nitrogens with zero attached hydrogens (tertiary/aromatic N) is 1. The molecule has 1 fully saturated rings. The molecule has 0 aromatic heterocycles. The van der Waals surface area contributed by atoms with Gasteiger partial charge < -0.3 is 4.90 Å². The average molecular weight is 128 g/mol. The van der Waals surface area contributed by atoms with E-state index in [9.17, 15) is 4.79 Å². The Bertz CT molecular complexity index is 90.9. The summed E-state index contributed by atoms with van der Waals surface area (Å²) in [7, 11) is 1.84. The summed E-state index contributed by atoms with van der Waals surface area (Å²) in [6.45, 7) is 5.96. The summed E-state index contributed by atoms with van der Waals surface area (Å²) < 4.78 is 0. The first-order valence-electron chi connectivity index (χ1n) is 3.25. The lowest BCUT2D eigenvalue weighted by Crippen LogP contribution is -2.17. The van der Waals surface area contributed by atoms with Crippen LogP contribution in [-0.4, -0.2) is 24.4 Å². The average Bonchev–Trinajstić information content (AvgIpc) is 2.23. The van der Waals surface area contributed by atoms with E-state index >= 15 is 0 Å². The maximum Gasteiger partial charge on any atom is 0.222 e. The smallest absolute Gasteiger partial charge is 0.222 e. The summed E-state index contributed by atoms with van der Waals surface area (Å²) in [4.78, 5) is 12.3. The maximum absolute atomic E-state index is 10.5. The molecule has 1 heterocycles. The van der Waals surface area contributed by atoms with E-state index in [0.717, 1.165) is 19.4 Å². The topological polar surface area (TPSA) is 20.3 Å². The van der Waals surface area contributed by atoms with E-state index in [4.69, 9.17) is 0 Å². The second-order valence-electron chi connectivity index (χ2n) is 1.92. The second kappa shape index (κ2) is 4.36. The van der Waals surface area contributed by atoms with E-state index in [-0.39, 0.29) is 0 Å². The molecule has 0 aromatic carbocycles. The Morgan fingerprint density at radius 3 is 2.22 bits per heavy atom. The number of rotatable bonds is 0. The summed E-state index contributed by atoms with van der Waals surface area (Å²) in [6, 6.07) is 0. The van der Waals surface area contributed by atoms with Crippen LogP contribution in [0, 0.1) is 6.92 Å². The van der Waals surface area contributed by atoms with Crippen molar-refractivity contribution in [2.75, 3.05) is 13.6 Å². The first-order chi connectivity index (χ1) is 4.30. The Morgan fingerprint density at radius 1 is 1.56 bits per heavy atom. The highest BCUT2D eigenvalue weighted by molar-refractivity contribution is 5.77. The number of hydrogen-bond acceptors (Lipinski definition) is 1. The zero-order chi connectivity index (χ0) is 7.28. The van der Waals surface area contributed by atoms with Gasteiger partial charge in [0.15, 0.2) is 0 Å². The third-order valence-electron chi connectivity index (χ3n) is 1.31. The van der Waals surface area contributed by atoms with Gasteiger partial charge in [0.25, 0.3) is 0 Å². The van der Waals surface area contributed by atoms with Gasteiger partial charge in [0.2, 0.25) is 5.91 Å². The molecular formula is C7H14NO. The minimum Gasteiger partial charge on any atom is -0.346 e. The molecule has 0 unspecified atom stereocenters. The molecule has 0 saturated carbocycles. The molecule has 0 bridgehead atoms. The molecule has 1 amide bonds. The van der Waals surface area contributed by atoms with Crippen LogP contribution < -0.4 is 0 Å². The van der Waals surface area contributed by atoms with Crippen molar-refractivity contribution < 1.29 is 4.79 Å². The van der Waals surface area contributed by atoms with Gasteiger partial charge in [0, 0.05) is 20.0 Å². The van der Waals surface area contributed by atoms with Gasteiger partial charge in [-0.1, -0.05) is 13.8 Å². The fraction of sp³-hybridized carbons (Fsp3) is 0.714. The van der Waals surface area contributed by atoms with Crippen LogP contribution in [-0.2, 0) is 4.79 Å². The van der Waals surface area contributed by atoms with Gasteiger partial charge >= 0.3 is 0 Å². The number of hydrogen-bond donors (Lipinski definition) is 0. The SMILES string of the molecule is CN1CCCC1=O.[CH2]C. The largest absolute Gasteiger partial charge is 0.346 e. The molecule has 1 aliphatic heterocycles. The van der Waals surface area contributed by atoms with E-state index < -0.39 is 0 Å². The van der Waals surface area contributed by atoms with Crippen molar-refractivity contribution in [2.24, 2.45) is 0 Å². The molecule has 0 aliphatic carbocycles. The molecule has 9 heavy (non-hydrogen) atoms. The van der Waals surface area contributed by atoms with E-state index in [1.807, 2.05) is 7.05 Å². The van der Waals surface area contributed by atoms with Crippen LogP contribution in [0.15, 0.2) is 0 Å². The van der Waals surface area contributed by atoms with Crippen molar-refractivity contribution in [1.29, 1.82) is 0 Å². The number of likely N-dealkylation sites (tertiary alicyclic amines) is 1. The monoisotopic (exact) mass is 128 g/mol. The maximum atomic E-state index is 10.5. The van der Waals surface area contributed by atoms with Crippen LogP contribution in [0.5, 0.6) is 0 Å². The zero-order valence-corrected chi connectivity index (χ0v) is 6.18. The molecule has 1 radical (unpaired) electrons. The first kappa shape index (κ1) is 8.47. The van der Waals surface area contributed by atoms with Crippen molar-refractivity contribution >= 4 is 5.91 Å². The predicted octanol–water partition coefficient (Wildman–Crippen LogP) is 1.08. The quantitative estimate of drug-likeness (QED) is 0.478. The molecule has 53 valence electrons.